The molecule has 11 aromatic rings. The highest BCUT2D eigenvalue weighted by atomic mass is 127. The van der Waals surface area contributed by atoms with Crippen LogP contribution in [0.4, 0.5) is 79.8 Å². The molecule has 4 aromatic heterocycles. The number of benzene rings is 7. The van der Waals surface area contributed by atoms with E-state index in [9.17, 15) is 94.8 Å². The molecule has 47 heteroatoms. The third-order valence-corrected chi connectivity index (χ3v) is 27.2. The fourth-order valence-corrected chi connectivity index (χ4v) is 18.4. The number of nitrogens with one attached hydrogen (secondary N) is 4. The van der Waals surface area contributed by atoms with Crippen LogP contribution in [0.5, 0.6) is 0 Å². The summed E-state index contributed by atoms with van der Waals surface area (Å²) in [5, 5.41) is 32.0. The van der Waals surface area contributed by atoms with E-state index in [2.05, 4.69) is 183 Å². The van der Waals surface area contributed by atoms with Crippen LogP contribution in [-0.2, 0) is 99.5 Å². The lowest BCUT2D eigenvalue weighted by Crippen LogP contribution is -2.40. The van der Waals surface area contributed by atoms with Crippen molar-refractivity contribution in [3.8, 4) is 23.0 Å². The van der Waals surface area contributed by atoms with E-state index in [0.717, 1.165) is 113 Å². The van der Waals surface area contributed by atoms with Crippen molar-refractivity contribution in [1.82, 2.24) is 45.1 Å². The number of carbonyl (C=O) groups excluding carboxylic acids is 3. The monoisotopic (exact) mass is 2210 g/mol. The maximum atomic E-state index is 13.1. The van der Waals surface area contributed by atoms with Crippen molar-refractivity contribution < 1.29 is 113 Å². The maximum absolute atomic E-state index is 13.1. The van der Waals surface area contributed by atoms with E-state index in [1.54, 1.807) is 50.1 Å². The van der Waals surface area contributed by atoms with Crippen LogP contribution in [0.15, 0.2) is 257 Å². The van der Waals surface area contributed by atoms with Gasteiger partial charge in [-0.1, -0.05) is 133 Å². The Kier molecular flexibility index (Phi) is 42.8. The normalized spacial score (nSPS) is 13.1. The summed E-state index contributed by atoms with van der Waals surface area (Å²) in [5.41, 5.74) is 8.61. The lowest BCUT2D eigenvalue weighted by atomic mass is 9.87. The molecule has 4 N–H and O–H groups in total. The zero-order valence-electron chi connectivity index (χ0n) is 77.6. The number of ether oxygens (including phenoxy) is 3. The molecule has 1 atom stereocenters. The van der Waals surface area contributed by atoms with Gasteiger partial charge in [-0.25, -0.2) is 51.1 Å². The number of hydrogen-bond donors (Lipinski definition) is 5. The van der Waals surface area contributed by atoms with Crippen molar-refractivity contribution >= 4 is 138 Å². The number of carbonyl (C=O) groups is 3. The van der Waals surface area contributed by atoms with Crippen molar-refractivity contribution in [2.75, 3.05) is 51.1 Å². The van der Waals surface area contributed by atoms with Crippen molar-refractivity contribution in [2.24, 2.45) is 12.0 Å². The number of halogens is 14. The molecule has 6 heterocycles. The Morgan fingerprint density at radius 1 is 0.718 bits per heavy atom. The number of thiol groups is 1. The number of sulfonamides is 1. The Morgan fingerprint density at radius 2 is 1.32 bits per heavy atom. The first-order valence-corrected chi connectivity index (χ1v) is 49.0. The van der Waals surface area contributed by atoms with Crippen molar-refractivity contribution in [3.63, 3.8) is 0 Å². The molecule has 1 unspecified atom stereocenters. The molecule has 0 amide bonds. The van der Waals surface area contributed by atoms with E-state index in [-0.39, 0.29) is 73.6 Å². The molecule has 7 aromatic carbocycles. The summed E-state index contributed by atoms with van der Waals surface area (Å²) in [5.74, 6) is -0.462. The van der Waals surface area contributed by atoms with Crippen molar-refractivity contribution in [2.45, 2.75) is 136 Å². The summed E-state index contributed by atoms with van der Waals surface area (Å²) in [7, 11) is -0.431. The number of anilines is 3. The molecule has 0 bridgehead atoms. The second kappa shape index (κ2) is 52.7. The van der Waals surface area contributed by atoms with Gasteiger partial charge in [0.2, 0.25) is 15.8 Å². The van der Waals surface area contributed by atoms with E-state index in [1.165, 1.54) is 111 Å². The van der Waals surface area contributed by atoms with E-state index in [0.29, 0.717) is 28.5 Å². The average Bonchev–Trinajstić information content (AvgIpc) is 0.916. The van der Waals surface area contributed by atoms with Gasteiger partial charge >= 0.3 is 48.2 Å². The van der Waals surface area contributed by atoms with Crippen LogP contribution in [0.2, 0.25) is 0 Å². The van der Waals surface area contributed by atoms with Gasteiger partial charge in [-0.05, 0) is 217 Å². The van der Waals surface area contributed by atoms with Crippen LogP contribution in [0.25, 0.3) is 23.0 Å². The van der Waals surface area contributed by atoms with E-state index < -0.39 is 103 Å². The smallest absolute Gasteiger partial charge is 0.433 e. The SMILES string of the molecule is CCOC(=O)C(=CCNS(=O)(=O)c1cc(C(F)(F)F)cc(C(F)(F)F)c1)C(=O)OCC.CN/C=C\N=CSc1ccsc(C(=O)OC)cnc(C(F)(F)F)c1.Cc1c(-c2nc(-c3ccc(C(C)(C)C)cc3)no2)n(C)oc1=O.Cc1cc2c(cc1C)CSC(C)(c1ccc(F)cc1)SC2.FC(F)(F)c1cccc(NC(S)N2CCc3ccccc3C2)c1.O=[N+]([O-])c1ccc(Nc2cccc(I)c2)cnonc1. The number of alkyl halides is 12. The molecule has 0 saturated carbocycles. The van der Waals surface area contributed by atoms with Gasteiger partial charge in [-0.3, -0.25) is 20.0 Å². The zero-order chi connectivity index (χ0) is 105. The molecule has 13 rings (SSSR count). The fraction of sp³-hybridized carbons (Fsp3) is 0.284. The summed E-state index contributed by atoms with van der Waals surface area (Å²) >= 11 is 12.5. The molecule has 0 saturated heterocycles. The minimum absolute atomic E-state index is 0.0193. The minimum atomic E-state index is -5.24. The van der Waals surface area contributed by atoms with Gasteiger partial charge in [0.1, 0.15) is 39.3 Å². The standard InChI is InChI=1S/C18H19FS2.C17H17F6NO6S.C17H17F3N2S.C17H19N3O3.C14H14F3N3O2S2.C12H9IN4O3/c1-12-8-14-10-20-18(3,16-4-6-17(19)7-5-16)21-11-15(14)9-13(12)2;1-3-29-14(25)13(15(26)30-4-2)5-6-24-31(27,28)12-8-10(16(18,19)20)7-11(9-12)17(21,22)23;18-17(19,20)14-6-3-7-15(10-14)21-16(23)22-9-8-12-4-1-2-5-13(12)11-22;1-10-13(20(5)23-16(10)21)15-18-14(19-22-15)11-6-8-12(9-7-11)17(2,3)4;1-18-4-5-19-9-24-10-3-6-23-11(13(21)22-2)8-20-12(7-10)14(15,16)17;13-9-2-1-3-10(6-9)16-11-4-5-12(17(18)19)8-15-20-14-7-11/h4-9H,10-11H2,1-3H3;5,7-9,24H,3-4,6H2,1-2H3;1-7,10,16,21,23H,8-9,11H2;6-9H,1-5H3;3-9,18H,1-2H3;1-8,16H/b;;;;5-4-,6-3?,10-7?,11-8?,19-9?,20-12?;. The Balaban J connectivity index is 0.000000209. The number of rotatable bonds is 22. The predicted octanol–water partition coefficient (Wildman–Crippen LogP) is 23.9. The van der Waals surface area contributed by atoms with Gasteiger partial charge in [0, 0.05) is 89.1 Å². The number of aryl methyl sites for hydroxylation is 3. The van der Waals surface area contributed by atoms with Gasteiger partial charge in [-0.15, -0.1) is 47.5 Å². The molecule has 27 nitrogen and oxygen atoms in total. The third kappa shape index (κ3) is 35.5. The molecular formula is C95H95F13IN13O14S6. The number of aromatic nitrogens is 6. The highest BCUT2D eigenvalue weighted by Crippen LogP contribution is 2.52. The van der Waals surface area contributed by atoms with Gasteiger partial charge in [0.25, 0.3) is 11.6 Å². The molecule has 0 spiro atoms. The molecule has 0 fully saturated rings. The summed E-state index contributed by atoms with van der Waals surface area (Å²) in [6.07, 6.45) is -11.6. The lowest BCUT2D eigenvalue weighted by Gasteiger charge is -2.33. The van der Waals surface area contributed by atoms with Crippen molar-refractivity contribution in [1.29, 1.82) is 0 Å². The third-order valence-electron chi connectivity index (χ3n) is 20.0. The van der Waals surface area contributed by atoms with Crippen molar-refractivity contribution in [3.05, 3.63) is 331 Å². The largest absolute Gasteiger partial charge is 0.465 e. The summed E-state index contributed by atoms with van der Waals surface area (Å²) in [6, 6.07) is 45.7. The molecule has 142 heavy (non-hydrogen) atoms. The minimum Gasteiger partial charge on any atom is -0.465 e. The molecule has 758 valence electrons. The summed E-state index contributed by atoms with van der Waals surface area (Å²) in [6.45, 7) is 18.1. The van der Waals surface area contributed by atoms with Gasteiger partial charge in [-0.2, -0.15) is 57.7 Å². The number of fused-ring (bicyclic) bond motifs is 2. The van der Waals surface area contributed by atoms with Crippen LogP contribution < -0.4 is 26.3 Å². The highest BCUT2D eigenvalue weighted by Gasteiger charge is 2.40. The first kappa shape index (κ1) is 115. The topological polar surface area (TPSA) is 346 Å². The molecule has 2 aliphatic heterocycles. The summed E-state index contributed by atoms with van der Waals surface area (Å²) < 4.78 is 225. The number of nitrogens with zero attached hydrogens (tertiary/aromatic N) is 9. The van der Waals surface area contributed by atoms with Crippen LogP contribution in [0, 0.1) is 40.3 Å². The second-order valence-electron chi connectivity index (χ2n) is 31.2. The molecular weight excluding hydrogens is 2110 g/mol. The van der Waals surface area contributed by atoms with Gasteiger partial charge in [0.05, 0.1) is 80.1 Å². The van der Waals surface area contributed by atoms with Gasteiger partial charge < -0.3 is 39.2 Å². The first-order valence-electron chi connectivity index (χ1n) is 42.2. The lowest BCUT2D eigenvalue weighted by molar-refractivity contribution is -0.385. The second-order valence-corrected chi connectivity index (χ2v) is 39.6. The zero-order valence-corrected chi connectivity index (χ0v) is 84.8. The number of aliphatic imine (C=N–C) groups is 1. The number of esters is 3. The Morgan fingerprint density at radius 3 is 1.89 bits per heavy atom. The van der Waals surface area contributed by atoms with Crippen LogP contribution in [0.1, 0.15) is 124 Å². The molecule has 0 aliphatic carbocycles. The fourth-order valence-electron chi connectivity index (χ4n) is 12.4. The molecule has 2 aliphatic rings. The van der Waals surface area contributed by atoms with Crippen LogP contribution in [0.3, 0.4) is 0 Å². The predicted molar refractivity (Wildman–Crippen MR) is 529 cm³/mol. The number of thioether (sulfide) groups is 3. The Bertz CT molecular complexity index is 6490. The average molecular weight is 2210 g/mol. The number of hydrogen-bond acceptors (Lipinski definition) is 29. The molecule has 0 radical (unpaired) electrons. The Hall–Kier alpha value is -12.1. The summed E-state index contributed by atoms with van der Waals surface area (Å²) in [4.78, 5) is 69.4. The van der Waals surface area contributed by atoms with E-state index in [4.69, 9.17) is 9.05 Å². The number of nitro groups is 1. The van der Waals surface area contributed by atoms with Gasteiger partial charge in [0.15, 0.2) is 0 Å². The van der Waals surface area contributed by atoms with E-state index in [1.807, 2.05) is 84.2 Å². The first-order chi connectivity index (χ1) is 66.8. The van der Waals surface area contributed by atoms with Crippen LogP contribution >= 0.6 is 81.8 Å². The highest BCUT2D eigenvalue weighted by molar-refractivity contribution is 14.1. The number of methoxy groups -OCH3 is 1. The van der Waals surface area contributed by atoms with Crippen LogP contribution in [-0.4, -0.2) is 118 Å². The Labute approximate surface area is 843 Å². The van der Waals surface area contributed by atoms with E-state index >= 15 is 0 Å². The maximum Gasteiger partial charge on any atom is 0.433 e. The quantitative estimate of drug-likeness (QED) is 0.00334.